The molecule has 0 amide bonds. The van der Waals surface area contributed by atoms with Gasteiger partial charge in [0.1, 0.15) is 5.82 Å². The minimum Gasteiger partial charge on any atom is -0.372 e. The Morgan fingerprint density at radius 3 is 2.54 bits per heavy atom. The summed E-state index contributed by atoms with van der Waals surface area (Å²) < 4.78 is 0. The van der Waals surface area contributed by atoms with E-state index in [2.05, 4.69) is 58.6 Å². The van der Waals surface area contributed by atoms with Crippen LogP contribution in [0.5, 0.6) is 0 Å². The van der Waals surface area contributed by atoms with Crippen LogP contribution in [0.2, 0.25) is 0 Å². The Bertz CT molecular complexity index is 736. The number of aromatic nitrogens is 1. The molecule has 5 heteroatoms. The molecule has 1 aromatic carbocycles. The summed E-state index contributed by atoms with van der Waals surface area (Å²) in [6.07, 6.45) is 4.33. The van der Waals surface area contributed by atoms with Crippen molar-refractivity contribution in [3.8, 4) is 0 Å². The fourth-order valence-corrected chi connectivity index (χ4v) is 3.55. The fourth-order valence-electron chi connectivity index (χ4n) is 3.28. The highest BCUT2D eigenvalue weighted by Crippen LogP contribution is 2.24. The smallest absolute Gasteiger partial charge is 0.172 e. The predicted octanol–water partition coefficient (Wildman–Crippen LogP) is 4.67. The highest BCUT2D eigenvalue weighted by atomic mass is 32.1. The third-order valence-electron chi connectivity index (χ3n) is 5.13. The standard InChI is InChI=1S/C21H28N4S/c1-15-10-13-25(14-11-15)19-8-6-18(7-9-19)17(3)23-21(26)24-20-16(2)5-4-12-22-20/h4-9,12,15,17H,10-11,13-14H2,1-3H3,(H2,22,23,24,26)/t17-/m1/s1. The number of hydrogen-bond acceptors (Lipinski definition) is 3. The molecular weight excluding hydrogens is 340 g/mol. The van der Waals surface area contributed by atoms with Gasteiger partial charge in [0.05, 0.1) is 6.04 Å². The second-order valence-corrected chi connectivity index (χ2v) is 7.66. The molecule has 138 valence electrons. The number of piperidine rings is 1. The van der Waals surface area contributed by atoms with Gasteiger partial charge in [0.25, 0.3) is 0 Å². The number of benzene rings is 1. The Labute approximate surface area is 162 Å². The van der Waals surface area contributed by atoms with Crippen LogP contribution in [0.4, 0.5) is 11.5 Å². The van der Waals surface area contributed by atoms with Gasteiger partial charge in [-0.2, -0.15) is 0 Å². The van der Waals surface area contributed by atoms with Gasteiger partial charge in [-0.25, -0.2) is 4.98 Å². The van der Waals surface area contributed by atoms with Crippen LogP contribution in [0.25, 0.3) is 0 Å². The molecule has 0 saturated carbocycles. The molecule has 0 radical (unpaired) electrons. The molecule has 4 nitrogen and oxygen atoms in total. The SMILES string of the molecule is Cc1cccnc1NC(=S)N[C@H](C)c1ccc(N2CCC(C)CC2)cc1. The summed E-state index contributed by atoms with van der Waals surface area (Å²) in [5.74, 6) is 1.65. The highest BCUT2D eigenvalue weighted by Gasteiger charge is 2.16. The van der Waals surface area contributed by atoms with Gasteiger partial charge in [-0.3, -0.25) is 0 Å². The summed E-state index contributed by atoms with van der Waals surface area (Å²) in [5.41, 5.74) is 3.61. The van der Waals surface area contributed by atoms with Crippen molar-refractivity contribution in [2.45, 2.75) is 39.7 Å². The quantitative estimate of drug-likeness (QED) is 0.767. The Hall–Kier alpha value is -2.14. The molecular formula is C21H28N4S. The first-order valence-corrected chi connectivity index (χ1v) is 9.78. The van der Waals surface area contributed by atoms with Crippen molar-refractivity contribution in [3.05, 3.63) is 53.7 Å². The predicted molar refractivity (Wildman–Crippen MR) is 114 cm³/mol. The van der Waals surface area contributed by atoms with Crippen molar-refractivity contribution >= 4 is 28.8 Å². The maximum Gasteiger partial charge on any atom is 0.172 e. The molecule has 1 atom stereocenters. The third kappa shape index (κ3) is 4.73. The Morgan fingerprint density at radius 1 is 1.19 bits per heavy atom. The van der Waals surface area contributed by atoms with Crippen LogP contribution in [0, 0.1) is 12.8 Å². The molecule has 3 rings (SSSR count). The summed E-state index contributed by atoms with van der Waals surface area (Å²) in [5, 5.41) is 7.11. The first-order chi connectivity index (χ1) is 12.5. The number of rotatable bonds is 4. The van der Waals surface area contributed by atoms with Crippen molar-refractivity contribution in [1.29, 1.82) is 0 Å². The average Bonchev–Trinajstić information content (AvgIpc) is 2.64. The van der Waals surface area contributed by atoms with Gasteiger partial charge < -0.3 is 15.5 Å². The van der Waals surface area contributed by atoms with E-state index in [0.717, 1.165) is 30.4 Å². The maximum absolute atomic E-state index is 5.44. The number of nitrogens with one attached hydrogen (secondary N) is 2. The zero-order valence-corrected chi connectivity index (χ0v) is 16.6. The topological polar surface area (TPSA) is 40.2 Å². The van der Waals surface area contributed by atoms with Crippen molar-refractivity contribution in [2.75, 3.05) is 23.3 Å². The minimum atomic E-state index is 0.134. The molecule has 2 aromatic rings. The van der Waals surface area contributed by atoms with Gasteiger partial charge in [0.2, 0.25) is 0 Å². The molecule has 2 N–H and O–H groups in total. The second-order valence-electron chi connectivity index (χ2n) is 7.25. The van der Waals surface area contributed by atoms with Crippen LogP contribution in [0.1, 0.15) is 43.9 Å². The second kappa shape index (κ2) is 8.49. The molecule has 0 bridgehead atoms. The number of nitrogens with zero attached hydrogens (tertiary/aromatic N) is 2. The van der Waals surface area contributed by atoms with E-state index in [0.29, 0.717) is 5.11 Å². The molecule has 0 aliphatic carbocycles. The summed E-state index contributed by atoms with van der Waals surface area (Å²) in [6, 6.07) is 12.9. The van der Waals surface area contributed by atoms with E-state index in [1.807, 2.05) is 19.1 Å². The molecule has 1 saturated heterocycles. The number of hydrogen-bond donors (Lipinski definition) is 2. The average molecular weight is 369 g/mol. The summed E-state index contributed by atoms with van der Waals surface area (Å²) in [6.45, 7) is 8.80. The first kappa shape index (κ1) is 18.6. The van der Waals surface area contributed by atoms with E-state index in [-0.39, 0.29) is 6.04 Å². The van der Waals surface area contributed by atoms with E-state index in [1.54, 1.807) is 6.20 Å². The Balaban J connectivity index is 1.57. The number of pyridine rings is 1. The molecule has 1 aliphatic heterocycles. The summed E-state index contributed by atoms with van der Waals surface area (Å²) >= 11 is 5.44. The number of aryl methyl sites for hydroxylation is 1. The van der Waals surface area contributed by atoms with Crippen LogP contribution in [0.3, 0.4) is 0 Å². The molecule has 0 unspecified atom stereocenters. The van der Waals surface area contributed by atoms with E-state index >= 15 is 0 Å². The van der Waals surface area contributed by atoms with Crippen LogP contribution in [-0.4, -0.2) is 23.2 Å². The van der Waals surface area contributed by atoms with Crippen LogP contribution in [-0.2, 0) is 0 Å². The molecule has 0 spiro atoms. The molecule has 1 aliphatic rings. The van der Waals surface area contributed by atoms with Gasteiger partial charge in [0, 0.05) is 25.0 Å². The molecule has 26 heavy (non-hydrogen) atoms. The lowest BCUT2D eigenvalue weighted by atomic mass is 9.98. The Kier molecular flexibility index (Phi) is 6.09. The monoisotopic (exact) mass is 368 g/mol. The zero-order chi connectivity index (χ0) is 18.5. The van der Waals surface area contributed by atoms with Crippen molar-refractivity contribution in [1.82, 2.24) is 10.3 Å². The Morgan fingerprint density at radius 2 is 1.88 bits per heavy atom. The fraction of sp³-hybridized carbons (Fsp3) is 0.429. The third-order valence-corrected chi connectivity index (χ3v) is 5.35. The zero-order valence-electron chi connectivity index (χ0n) is 15.8. The maximum atomic E-state index is 5.44. The van der Waals surface area contributed by atoms with Gasteiger partial charge >= 0.3 is 0 Å². The first-order valence-electron chi connectivity index (χ1n) is 9.37. The largest absolute Gasteiger partial charge is 0.372 e. The van der Waals surface area contributed by atoms with Gasteiger partial charge in [0.15, 0.2) is 5.11 Å². The number of anilines is 2. The summed E-state index contributed by atoms with van der Waals surface area (Å²) in [4.78, 5) is 6.81. The number of thiocarbonyl (C=S) groups is 1. The van der Waals surface area contributed by atoms with E-state index < -0.39 is 0 Å². The van der Waals surface area contributed by atoms with E-state index in [1.165, 1.54) is 24.1 Å². The van der Waals surface area contributed by atoms with Gasteiger partial charge in [-0.05, 0) is 74.2 Å². The lowest BCUT2D eigenvalue weighted by Crippen LogP contribution is -2.33. The van der Waals surface area contributed by atoms with Gasteiger partial charge in [-0.15, -0.1) is 0 Å². The lowest BCUT2D eigenvalue weighted by Gasteiger charge is -2.32. The lowest BCUT2D eigenvalue weighted by molar-refractivity contribution is 0.438. The van der Waals surface area contributed by atoms with Gasteiger partial charge in [-0.1, -0.05) is 25.1 Å². The van der Waals surface area contributed by atoms with Crippen LogP contribution >= 0.6 is 12.2 Å². The molecule has 2 heterocycles. The highest BCUT2D eigenvalue weighted by molar-refractivity contribution is 7.80. The van der Waals surface area contributed by atoms with Crippen LogP contribution < -0.4 is 15.5 Å². The van der Waals surface area contributed by atoms with Crippen LogP contribution in [0.15, 0.2) is 42.6 Å². The normalized spacial score (nSPS) is 16.2. The molecule has 1 fully saturated rings. The van der Waals surface area contributed by atoms with Crippen molar-refractivity contribution in [2.24, 2.45) is 5.92 Å². The van der Waals surface area contributed by atoms with E-state index in [4.69, 9.17) is 12.2 Å². The minimum absolute atomic E-state index is 0.134. The van der Waals surface area contributed by atoms with Crippen molar-refractivity contribution in [3.63, 3.8) is 0 Å². The van der Waals surface area contributed by atoms with E-state index in [9.17, 15) is 0 Å². The van der Waals surface area contributed by atoms with Crippen molar-refractivity contribution < 1.29 is 0 Å². The molecule has 1 aromatic heterocycles. The summed E-state index contributed by atoms with van der Waals surface area (Å²) in [7, 11) is 0.